The standard InChI is InChI=1S/C8H15ClN2O.ClH/c1-5-8(4)6-10(9)7(2,3)11(8)12;/h5,11H,1,6H2,2-4H3;1H/p-1. The predicted molar refractivity (Wildman–Crippen MR) is 49.6 cm³/mol. The normalized spacial score (nSPS) is 38.4. The number of hydrogen-bond donors (Lipinski definition) is 1. The van der Waals surface area contributed by atoms with Crippen molar-refractivity contribution in [2.45, 2.75) is 32.0 Å². The van der Waals surface area contributed by atoms with Gasteiger partial charge in [-0.1, -0.05) is 6.58 Å². The number of quaternary nitrogens is 1. The minimum Gasteiger partial charge on any atom is -1.00 e. The van der Waals surface area contributed by atoms with Gasteiger partial charge in [0.05, 0.1) is 6.54 Å². The van der Waals surface area contributed by atoms with E-state index in [1.54, 1.807) is 10.5 Å². The fourth-order valence-corrected chi connectivity index (χ4v) is 1.85. The van der Waals surface area contributed by atoms with E-state index in [-0.39, 0.29) is 17.5 Å². The topological polar surface area (TPSA) is 30.7 Å². The summed E-state index contributed by atoms with van der Waals surface area (Å²) in [6, 6.07) is 0. The first-order chi connectivity index (χ1) is 5.34. The van der Waals surface area contributed by atoms with Crippen molar-refractivity contribution in [3.05, 3.63) is 17.9 Å². The van der Waals surface area contributed by atoms with Gasteiger partial charge >= 0.3 is 0 Å². The van der Waals surface area contributed by atoms with E-state index in [0.717, 1.165) is 0 Å². The lowest BCUT2D eigenvalue weighted by Crippen LogP contribution is -3.20. The molecule has 2 unspecified atom stereocenters. The van der Waals surface area contributed by atoms with Gasteiger partial charge in [0.25, 0.3) is 0 Å². The Morgan fingerprint density at radius 3 is 2.15 bits per heavy atom. The fourth-order valence-electron chi connectivity index (χ4n) is 1.52. The van der Waals surface area contributed by atoms with Crippen LogP contribution in [0.3, 0.4) is 0 Å². The lowest BCUT2D eigenvalue weighted by atomic mass is 10.0. The van der Waals surface area contributed by atoms with Crippen LogP contribution in [0.25, 0.3) is 0 Å². The number of rotatable bonds is 1. The minimum atomic E-state index is -0.565. The Hall–Kier alpha value is 0.200. The first kappa shape index (κ1) is 13.2. The van der Waals surface area contributed by atoms with Gasteiger partial charge in [-0.25, -0.2) is 0 Å². The van der Waals surface area contributed by atoms with Crippen LogP contribution >= 0.6 is 11.8 Å². The molecule has 0 aromatic rings. The number of nitrogens with zero attached hydrogens (tertiary/aromatic N) is 1. The van der Waals surface area contributed by atoms with Gasteiger partial charge in [0.1, 0.15) is 5.54 Å². The second-order valence-electron chi connectivity index (χ2n) is 4.03. The summed E-state index contributed by atoms with van der Waals surface area (Å²) < 4.78 is 1.55. The smallest absolute Gasteiger partial charge is 0.162 e. The van der Waals surface area contributed by atoms with Crippen molar-refractivity contribution in [3.63, 3.8) is 0 Å². The van der Waals surface area contributed by atoms with Gasteiger partial charge < -0.3 is 22.7 Å². The zero-order valence-electron chi connectivity index (χ0n) is 8.10. The maximum Gasteiger partial charge on any atom is 0.162 e. The average molecular weight is 226 g/mol. The van der Waals surface area contributed by atoms with E-state index in [1.807, 2.05) is 20.8 Å². The lowest BCUT2D eigenvalue weighted by molar-refractivity contribution is -0.931. The van der Waals surface area contributed by atoms with Crippen LogP contribution in [0, 0.1) is 5.21 Å². The molecule has 0 aromatic heterocycles. The molecular formula is C8H15Cl2N2O-. The van der Waals surface area contributed by atoms with E-state index in [2.05, 4.69) is 6.58 Å². The van der Waals surface area contributed by atoms with Crippen LogP contribution in [0.15, 0.2) is 12.7 Å². The second-order valence-corrected chi connectivity index (χ2v) is 4.44. The summed E-state index contributed by atoms with van der Waals surface area (Å²) in [5.74, 6) is 0. The van der Waals surface area contributed by atoms with Gasteiger partial charge in [0.2, 0.25) is 0 Å². The quantitative estimate of drug-likeness (QED) is 0.305. The molecule has 0 aromatic carbocycles. The highest BCUT2D eigenvalue weighted by atomic mass is 35.5. The molecule has 0 aliphatic carbocycles. The third-order valence-electron chi connectivity index (χ3n) is 2.60. The Morgan fingerprint density at radius 1 is 1.54 bits per heavy atom. The molecule has 78 valence electrons. The van der Waals surface area contributed by atoms with Crippen LogP contribution < -0.4 is 17.5 Å². The van der Waals surface area contributed by atoms with Crippen LogP contribution in [0.5, 0.6) is 0 Å². The van der Waals surface area contributed by atoms with Gasteiger partial charge in [0, 0.05) is 13.8 Å². The second kappa shape index (κ2) is 3.75. The average Bonchev–Trinajstić information content (AvgIpc) is 2.14. The van der Waals surface area contributed by atoms with E-state index in [9.17, 15) is 5.21 Å². The van der Waals surface area contributed by atoms with Crippen LogP contribution in [0.2, 0.25) is 0 Å². The summed E-state index contributed by atoms with van der Waals surface area (Å²) in [5.41, 5.74) is -1.05. The molecule has 1 aliphatic heterocycles. The number of hydrogen-bond acceptors (Lipinski definition) is 2. The summed E-state index contributed by atoms with van der Waals surface area (Å²) in [4.78, 5) is 0. The summed E-state index contributed by atoms with van der Waals surface area (Å²) in [7, 11) is 0. The molecule has 1 fully saturated rings. The maximum atomic E-state index is 11.8. The molecule has 0 amide bonds. The van der Waals surface area contributed by atoms with Crippen molar-refractivity contribution in [3.8, 4) is 0 Å². The maximum absolute atomic E-state index is 11.8. The molecule has 0 saturated carbocycles. The minimum absolute atomic E-state index is 0. The fraction of sp³-hybridized carbons (Fsp3) is 0.750. The monoisotopic (exact) mass is 225 g/mol. The Morgan fingerprint density at radius 2 is 2.00 bits per heavy atom. The van der Waals surface area contributed by atoms with Crippen LogP contribution in [0.1, 0.15) is 20.8 Å². The summed E-state index contributed by atoms with van der Waals surface area (Å²) in [5, 5.41) is 11.9. The highest BCUT2D eigenvalue weighted by Crippen LogP contribution is 2.23. The Labute approximate surface area is 90.4 Å². The van der Waals surface area contributed by atoms with Crippen LogP contribution in [-0.2, 0) is 0 Å². The molecule has 2 atom stereocenters. The molecular weight excluding hydrogens is 211 g/mol. The van der Waals surface area contributed by atoms with Gasteiger partial charge in [-0.2, -0.15) is 4.42 Å². The van der Waals surface area contributed by atoms with E-state index in [4.69, 9.17) is 11.8 Å². The SMILES string of the molecule is C=CC1(C)CN(Cl)C(C)(C)[NH+]1[O-].[Cl-]. The number of nitrogens with one attached hydrogen (secondary N) is 1. The molecule has 3 nitrogen and oxygen atoms in total. The van der Waals surface area contributed by atoms with Crippen molar-refractivity contribution < 1.29 is 17.5 Å². The largest absolute Gasteiger partial charge is 1.00 e. The van der Waals surface area contributed by atoms with E-state index in [1.165, 1.54) is 0 Å². The Kier molecular flexibility index (Phi) is 3.81. The van der Waals surface area contributed by atoms with Crippen molar-refractivity contribution >= 4 is 11.8 Å². The lowest BCUT2D eigenvalue weighted by Gasteiger charge is -2.39. The molecule has 1 rings (SSSR count). The zero-order valence-corrected chi connectivity index (χ0v) is 9.61. The molecule has 1 saturated heterocycles. The van der Waals surface area contributed by atoms with Crippen molar-refractivity contribution in [1.82, 2.24) is 4.42 Å². The highest BCUT2D eigenvalue weighted by Gasteiger charge is 2.51. The van der Waals surface area contributed by atoms with E-state index >= 15 is 0 Å². The van der Waals surface area contributed by atoms with Crippen LogP contribution in [-0.4, -0.2) is 22.2 Å². The zero-order chi connectivity index (χ0) is 9.57. The first-order valence-corrected chi connectivity index (χ1v) is 4.30. The third kappa shape index (κ3) is 1.85. The van der Waals surface area contributed by atoms with E-state index in [0.29, 0.717) is 6.54 Å². The van der Waals surface area contributed by atoms with Gasteiger partial charge in [0.15, 0.2) is 5.66 Å². The van der Waals surface area contributed by atoms with Crippen molar-refractivity contribution in [1.29, 1.82) is 0 Å². The van der Waals surface area contributed by atoms with Gasteiger partial charge in [-0.05, 0) is 24.8 Å². The highest BCUT2D eigenvalue weighted by molar-refractivity contribution is 6.13. The van der Waals surface area contributed by atoms with Crippen LogP contribution in [0.4, 0.5) is 0 Å². The molecule has 0 spiro atoms. The van der Waals surface area contributed by atoms with Gasteiger partial charge in [-0.3, -0.25) is 0 Å². The molecule has 0 bridgehead atoms. The summed E-state index contributed by atoms with van der Waals surface area (Å²) in [6.07, 6.45) is 1.68. The van der Waals surface area contributed by atoms with Crippen molar-refractivity contribution in [2.24, 2.45) is 0 Å². The van der Waals surface area contributed by atoms with E-state index < -0.39 is 11.2 Å². The number of hydroxylamine groups is 2. The number of halogens is 2. The summed E-state index contributed by atoms with van der Waals surface area (Å²) >= 11 is 5.93. The molecule has 1 N–H and O–H groups in total. The summed E-state index contributed by atoms with van der Waals surface area (Å²) in [6.45, 7) is 9.73. The molecule has 5 heteroatoms. The third-order valence-corrected chi connectivity index (χ3v) is 3.14. The molecule has 1 aliphatic rings. The Bertz CT molecular complexity index is 210. The Balaban J connectivity index is 0.00000144. The molecule has 13 heavy (non-hydrogen) atoms. The van der Waals surface area contributed by atoms with Crippen molar-refractivity contribution in [2.75, 3.05) is 6.54 Å². The first-order valence-electron chi connectivity index (χ1n) is 3.96. The predicted octanol–water partition coefficient (Wildman–Crippen LogP) is -2.48. The molecule has 1 heterocycles. The van der Waals surface area contributed by atoms with Gasteiger partial charge in [-0.15, -0.1) is 0 Å². The molecule has 0 radical (unpaired) electrons.